The SMILES string of the molecule is Cc1ccc(OCc2c(C(=O)O)cnn2C)nn1. The number of carboxylic acid groups (broad SMARTS) is 1. The number of aromatic carboxylic acids is 1. The number of rotatable bonds is 4. The predicted octanol–water partition coefficient (Wildman–Crippen LogP) is 0.796. The van der Waals surface area contributed by atoms with E-state index in [1.165, 1.54) is 10.9 Å². The van der Waals surface area contributed by atoms with E-state index in [1.54, 1.807) is 19.2 Å². The molecule has 94 valence electrons. The van der Waals surface area contributed by atoms with Crippen molar-refractivity contribution in [1.82, 2.24) is 20.0 Å². The van der Waals surface area contributed by atoms with Gasteiger partial charge in [0.2, 0.25) is 5.88 Å². The maximum atomic E-state index is 11.0. The highest BCUT2D eigenvalue weighted by Gasteiger charge is 2.15. The van der Waals surface area contributed by atoms with Gasteiger partial charge in [0, 0.05) is 13.1 Å². The zero-order valence-electron chi connectivity index (χ0n) is 9.99. The summed E-state index contributed by atoms with van der Waals surface area (Å²) in [5.41, 5.74) is 1.39. The van der Waals surface area contributed by atoms with Gasteiger partial charge in [0.1, 0.15) is 12.2 Å². The zero-order chi connectivity index (χ0) is 13.1. The summed E-state index contributed by atoms with van der Waals surface area (Å²) in [4.78, 5) is 11.0. The Balaban J connectivity index is 2.12. The third-order valence-electron chi connectivity index (χ3n) is 2.42. The normalized spacial score (nSPS) is 10.3. The molecule has 7 heteroatoms. The fraction of sp³-hybridized carbons (Fsp3) is 0.273. The fourth-order valence-corrected chi connectivity index (χ4v) is 1.42. The molecule has 0 aliphatic rings. The number of aromatic nitrogens is 4. The number of aryl methyl sites for hydroxylation is 2. The predicted molar refractivity (Wildman–Crippen MR) is 61.3 cm³/mol. The van der Waals surface area contributed by atoms with Gasteiger partial charge in [-0.25, -0.2) is 4.79 Å². The van der Waals surface area contributed by atoms with Gasteiger partial charge in [-0.3, -0.25) is 4.68 Å². The minimum atomic E-state index is -1.03. The van der Waals surface area contributed by atoms with E-state index in [1.807, 2.05) is 6.92 Å². The van der Waals surface area contributed by atoms with Crippen molar-refractivity contribution in [1.29, 1.82) is 0 Å². The first-order valence-electron chi connectivity index (χ1n) is 5.25. The van der Waals surface area contributed by atoms with Crippen molar-refractivity contribution >= 4 is 5.97 Å². The minimum Gasteiger partial charge on any atom is -0.478 e. The average molecular weight is 248 g/mol. The number of hydrogen-bond donors (Lipinski definition) is 1. The van der Waals surface area contributed by atoms with Gasteiger partial charge in [-0.05, 0) is 13.0 Å². The van der Waals surface area contributed by atoms with Crippen LogP contribution in [0.4, 0.5) is 0 Å². The van der Waals surface area contributed by atoms with Gasteiger partial charge in [0.05, 0.1) is 17.6 Å². The Labute approximate surface area is 103 Å². The topological polar surface area (TPSA) is 90.1 Å². The van der Waals surface area contributed by atoms with E-state index >= 15 is 0 Å². The molecule has 0 aliphatic heterocycles. The van der Waals surface area contributed by atoms with Gasteiger partial charge < -0.3 is 9.84 Å². The lowest BCUT2D eigenvalue weighted by molar-refractivity contribution is 0.0693. The van der Waals surface area contributed by atoms with Gasteiger partial charge >= 0.3 is 5.97 Å². The van der Waals surface area contributed by atoms with Crippen molar-refractivity contribution < 1.29 is 14.6 Å². The smallest absolute Gasteiger partial charge is 0.339 e. The molecule has 0 aliphatic carbocycles. The molecule has 0 atom stereocenters. The van der Waals surface area contributed by atoms with Gasteiger partial charge in [0.25, 0.3) is 0 Å². The van der Waals surface area contributed by atoms with Crippen LogP contribution in [0, 0.1) is 6.92 Å². The van der Waals surface area contributed by atoms with Crippen LogP contribution in [0.25, 0.3) is 0 Å². The van der Waals surface area contributed by atoms with Crippen LogP contribution in [0.5, 0.6) is 5.88 Å². The second kappa shape index (κ2) is 4.82. The molecular weight excluding hydrogens is 236 g/mol. The summed E-state index contributed by atoms with van der Waals surface area (Å²) >= 11 is 0. The number of ether oxygens (including phenoxy) is 1. The molecule has 2 heterocycles. The van der Waals surface area contributed by atoms with Crippen LogP contribution in [-0.2, 0) is 13.7 Å². The van der Waals surface area contributed by atoms with E-state index < -0.39 is 5.97 Å². The number of nitrogens with zero attached hydrogens (tertiary/aromatic N) is 4. The molecule has 2 rings (SSSR count). The summed E-state index contributed by atoms with van der Waals surface area (Å²) < 4.78 is 6.84. The quantitative estimate of drug-likeness (QED) is 0.860. The molecule has 2 aromatic heterocycles. The van der Waals surface area contributed by atoms with Crippen LogP contribution < -0.4 is 4.74 Å². The Morgan fingerprint density at radius 2 is 2.22 bits per heavy atom. The third kappa shape index (κ3) is 2.45. The monoisotopic (exact) mass is 248 g/mol. The number of carbonyl (C=O) groups is 1. The van der Waals surface area contributed by atoms with Crippen molar-refractivity contribution in [2.24, 2.45) is 7.05 Å². The number of carboxylic acids is 1. The third-order valence-corrected chi connectivity index (χ3v) is 2.42. The molecule has 2 aromatic rings. The van der Waals surface area contributed by atoms with E-state index in [0.717, 1.165) is 5.69 Å². The molecule has 0 unspecified atom stereocenters. The van der Waals surface area contributed by atoms with Crippen molar-refractivity contribution in [3.63, 3.8) is 0 Å². The molecule has 1 N–H and O–H groups in total. The first-order chi connectivity index (χ1) is 8.58. The maximum Gasteiger partial charge on any atom is 0.339 e. The summed E-state index contributed by atoms with van der Waals surface area (Å²) in [6.45, 7) is 1.90. The molecule has 0 spiro atoms. The first-order valence-corrected chi connectivity index (χ1v) is 5.25. The van der Waals surface area contributed by atoms with Gasteiger partial charge in [-0.2, -0.15) is 10.2 Å². The second-order valence-electron chi connectivity index (χ2n) is 3.74. The lowest BCUT2D eigenvalue weighted by Gasteiger charge is -2.06. The molecule has 0 amide bonds. The highest BCUT2D eigenvalue weighted by molar-refractivity contribution is 5.88. The Hall–Kier alpha value is -2.44. The van der Waals surface area contributed by atoms with E-state index in [9.17, 15) is 4.79 Å². The molecule has 18 heavy (non-hydrogen) atoms. The molecule has 0 saturated heterocycles. The standard InChI is InChI=1S/C11H12N4O3/c1-7-3-4-10(14-13-7)18-6-9-8(11(16)17)5-12-15(9)2/h3-5H,6H2,1-2H3,(H,16,17). The molecule has 0 fully saturated rings. The molecule has 0 bridgehead atoms. The van der Waals surface area contributed by atoms with Crippen molar-refractivity contribution in [3.05, 3.63) is 35.3 Å². The highest BCUT2D eigenvalue weighted by Crippen LogP contribution is 2.12. The van der Waals surface area contributed by atoms with Crippen LogP contribution in [0.1, 0.15) is 21.7 Å². The summed E-state index contributed by atoms with van der Waals surface area (Å²) in [6.07, 6.45) is 1.29. The van der Waals surface area contributed by atoms with Crippen LogP contribution >= 0.6 is 0 Å². The van der Waals surface area contributed by atoms with Crippen LogP contribution in [0.3, 0.4) is 0 Å². The average Bonchev–Trinajstić information content (AvgIpc) is 2.70. The Morgan fingerprint density at radius 3 is 2.83 bits per heavy atom. The van der Waals surface area contributed by atoms with E-state index in [-0.39, 0.29) is 12.2 Å². The van der Waals surface area contributed by atoms with Crippen LogP contribution in [-0.4, -0.2) is 31.1 Å². The Bertz CT molecular complexity index is 562. The van der Waals surface area contributed by atoms with E-state index in [0.29, 0.717) is 11.6 Å². The molecule has 0 saturated carbocycles. The molecular formula is C11H12N4O3. The maximum absolute atomic E-state index is 11.0. The van der Waals surface area contributed by atoms with Crippen molar-refractivity contribution in [3.8, 4) is 5.88 Å². The minimum absolute atomic E-state index is 0.0792. The summed E-state index contributed by atoms with van der Waals surface area (Å²) in [6, 6.07) is 3.45. The summed E-state index contributed by atoms with van der Waals surface area (Å²) in [7, 11) is 1.66. The lowest BCUT2D eigenvalue weighted by atomic mass is 10.2. The van der Waals surface area contributed by atoms with Gasteiger partial charge in [-0.1, -0.05) is 0 Å². The lowest BCUT2D eigenvalue weighted by Crippen LogP contribution is -2.09. The highest BCUT2D eigenvalue weighted by atomic mass is 16.5. The second-order valence-corrected chi connectivity index (χ2v) is 3.74. The van der Waals surface area contributed by atoms with Crippen molar-refractivity contribution in [2.75, 3.05) is 0 Å². The summed E-state index contributed by atoms with van der Waals surface area (Å²) in [5, 5.41) is 20.5. The van der Waals surface area contributed by atoms with E-state index in [2.05, 4.69) is 15.3 Å². The van der Waals surface area contributed by atoms with Gasteiger partial charge in [0.15, 0.2) is 0 Å². The molecule has 0 radical (unpaired) electrons. The molecule has 7 nitrogen and oxygen atoms in total. The molecule has 0 aromatic carbocycles. The number of hydrogen-bond acceptors (Lipinski definition) is 5. The Kier molecular flexibility index (Phi) is 3.22. The fourth-order valence-electron chi connectivity index (χ4n) is 1.42. The van der Waals surface area contributed by atoms with Crippen LogP contribution in [0.15, 0.2) is 18.3 Å². The van der Waals surface area contributed by atoms with Gasteiger partial charge in [-0.15, -0.1) is 5.10 Å². The largest absolute Gasteiger partial charge is 0.478 e. The summed E-state index contributed by atoms with van der Waals surface area (Å²) in [5.74, 6) is -0.685. The van der Waals surface area contributed by atoms with E-state index in [4.69, 9.17) is 9.84 Å². The van der Waals surface area contributed by atoms with Crippen LogP contribution in [0.2, 0.25) is 0 Å². The first kappa shape index (κ1) is 12.0. The Morgan fingerprint density at radius 1 is 1.44 bits per heavy atom. The van der Waals surface area contributed by atoms with Crippen molar-refractivity contribution in [2.45, 2.75) is 13.5 Å². The zero-order valence-corrected chi connectivity index (χ0v) is 9.99.